The van der Waals surface area contributed by atoms with Crippen LogP contribution in [0, 0.1) is 0 Å². The van der Waals surface area contributed by atoms with Crippen LogP contribution in [0.3, 0.4) is 0 Å². The number of rotatable bonds is 4. The first-order chi connectivity index (χ1) is 10.8. The third kappa shape index (κ3) is 3.30. The standard InChI is InChI=1S/C17H24BFO4S/c1-15(2,24(20,21)13-10-8-7-9-11-13)12-14(19)18-22-16(3,4)17(5,6)23-18/h7-12H,1-6H3. The van der Waals surface area contributed by atoms with Gasteiger partial charge in [0, 0.05) is 0 Å². The fraction of sp³-hybridized carbons (Fsp3) is 0.529. The van der Waals surface area contributed by atoms with Gasteiger partial charge in [0.25, 0.3) is 0 Å². The summed E-state index contributed by atoms with van der Waals surface area (Å²) >= 11 is 0. The third-order valence-corrected chi connectivity index (χ3v) is 7.11. The number of hydrogen-bond acceptors (Lipinski definition) is 4. The highest BCUT2D eigenvalue weighted by atomic mass is 32.2. The minimum Gasteiger partial charge on any atom is -0.398 e. The van der Waals surface area contributed by atoms with Gasteiger partial charge in [-0.15, -0.1) is 0 Å². The Morgan fingerprint density at radius 1 is 1.08 bits per heavy atom. The van der Waals surface area contributed by atoms with Crippen LogP contribution in [0.4, 0.5) is 4.39 Å². The van der Waals surface area contributed by atoms with Crippen LogP contribution < -0.4 is 0 Å². The largest absolute Gasteiger partial charge is 0.524 e. The van der Waals surface area contributed by atoms with E-state index in [4.69, 9.17) is 9.31 Å². The Morgan fingerprint density at radius 3 is 2.00 bits per heavy atom. The van der Waals surface area contributed by atoms with E-state index < -0.39 is 38.6 Å². The second kappa shape index (κ2) is 5.97. The minimum atomic E-state index is -3.75. The lowest BCUT2D eigenvalue weighted by atomic mass is 9.86. The topological polar surface area (TPSA) is 52.6 Å². The molecule has 0 N–H and O–H groups in total. The Balaban J connectivity index is 2.33. The van der Waals surface area contributed by atoms with Crippen molar-refractivity contribution in [2.75, 3.05) is 0 Å². The predicted octanol–water partition coefficient (Wildman–Crippen LogP) is 3.72. The van der Waals surface area contributed by atoms with Gasteiger partial charge in [-0.05, 0) is 59.8 Å². The number of benzene rings is 1. The summed E-state index contributed by atoms with van der Waals surface area (Å²) in [6, 6.07) is 8.00. The van der Waals surface area contributed by atoms with Crippen molar-refractivity contribution in [2.24, 2.45) is 0 Å². The lowest BCUT2D eigenvalue weighted by Crippen LogP contribution is -2.41. The summed E-state index contributed by atoms with van der Waals surface area (Å²) in [6.07, 6.45) is 1.07. The average Bonchev–Trinajstić information content (AvgIpc) is 2.68. The summed E-state index contributed by atoms with van der Waals surface area (Å²) in [6.45, 7) is 10.2. The molecule has 0 unspecified atom stereocenters. The smallest absolute Gasteiger partial charge is 0.398 e. The molecule has 1 aliphatic rings. The molecule has 2 rings (SSSR count). The zero-order valence-electron chi connectivity index (χ0n) is 15.0. The Labute approximate surface area is 144 Å². The molecule has 1 aromatic rings. The molecule has 24 heavy (non-hydrogen) atoms. The SMILES string of the molecule is CC1(C)OB(C(F)=CC(C)(C)S(=O)(=O)c2ccccc2)OC1(C)C. The van der Waals surface area contributed by atoms with Crippen LogP contribution in [0.5, 0.6) is 0 Å². The van der Waals surface area contributed by atoms with Crippen LogP contribution in [0.15, 0.2) is 47.0 Å². The molecule has 1 aromatic carbocycles. The maximum absolute atomic E-state index is 14.7. The highest BCUT2D eigenvalue weighted by Gasteiger charge is 2.53. The molecule has 4 nitrogen and oxygen atoms in total. The van der Waals surface area contributed by atoms with Gasteiger partial charge in [-0.3, -0.25) is 0 Å². The first-order valence-corrected chi connectivity index (χ1v) is 9.32. The Kier molecular flexibility index (Phi) is 4.76. The molecule has 7 heteroatoms. The van der Waals surface area contributed by atoms with Crippen molar-refractivity contribution in [1.82, 2.24) is 0 Å². The number of halogens is 1. The van der Waals surface area contributed by atoms with Gasteiger partial charge in [-0.1, -0.05) is 18.2 Å². The number of sulfone groups is 1. The summed E-state index contributed by atoms with van der Waals surface area (Å²) in [4.78, 5) is 0.146. The predicted molar refractivity (Wildman–Crippen MR) is 93.0 cm³/mol. The van der Waals surface area contributed by atoms with Gasteiger partial charge in [0.05, 0.1) is 20.8 Å². The summed E-state index contributed by atoms with van der Waals surface area (Å²) in [5, 5.41) is 0. The zero-order chi connectivity index (χ0) is 18.4. The van der Waals surface area contributed by atoms with E-state index in [1.165, 1.54) is 26.0 Å². The van der Waals surface area contributed by atoms with Crippen LogP contribution in [-0.2, 0) is 19.1 Å². The van der Waals surface area contributed by atoms with E-state index >= 15 is 0 Å². The molecule has 1 heterocycles. The highest BCUT2D eigenvalue weighted by Crippen LogP contribution is 2.39. The van der Waals surface area contributed by atoms with Gasteiger partial charge >= 0.3 is 7.12 Å². The summed E-state index contributed by atoms with van der Waals surface area (Å²) in [5.74, 6) is 0. The fourth-order valence-corrected chi connectivity index (χ4v) is 3.73. The van der Waals surface area contributed by atoms with E-state index in [0.717, 1.165) is 6.08 Å². The molecule has 1 fully saturated rings. The van der Waals surface area contributed by atoms with Gasteiger partial charge in [-0.25, -0.2) is 12.8 Å². The van der Waals surface area contributed by atoms with Crippen molar-refractivity contribution in [3.63, 3.8) is 0 Å². The van der Waals surface area contributed by atoms with Crippen molar-refractivity contribution in [1.29, 1.82) is 0 Å². The highest BCUT2D eigenvalue weighted by molar-refractivity contribution is 7.93. The van der Waals surface area contributed by atoms with Crippen LogP contribution in [0.25, 0.3) is 0 Å². The molecule has 0 aromatic heterocycles. The quantitative estimate of drug-likeness (QED) is 0.774. The third-order valence-electron chi connectivity index (χ3n) is 4.71. The normalized spacial score (nSPS) is 21.1. The van der Waals surface area contributed by atoms with Gasteiger partial charge in [0.2, 0.25) is 0 Å². The van der Waals surface area contributed by atoms with E-state index in [1.54, 1.807) is 18.2 Å². The Morgan fingerprint density at radius 2 is 1.54 bits per heavy atom. The van der Waals surface area contributed by atoms with Crippen molar-refractivity contribution >= 4 is 17.0 Å². The first-order valence-electron chi connectivity index (χ1n) is 7.84. The molecule has 0 atom stereocenters. The van der Waals surface area contributed by atoms with E-state index in [1.807, 2.05) is 27.7 Å². The molecular weight excluding hydrogens is 330 g/mol. The molecule has 1 saturated heterocycles. The van der Waals surface area contributed by atoms with E-state index in [0.29, 0.717) is 0 Å². The molecular formula is C17H24BFO4S. The zero-order valence-corrected chi connectivity index (χ0v) is 15.8. The minimum absolute atomic E-state index is 0.146. The fourth-order valence-electron chi connectivity index (χ4n) is 2.34. The Hall–Kier alpha value is -1.18. The van der Waals surface area contributed by atoms with Crippen LogP contribution in [-0.4, -0.2) is 31.5 Å². The van der Waals surface area contributed by atoms with E-state index in [9.17, 15) is 12.8 Å². The van der Waals surface area contributed by atoms with Crippen molar-refractivity contribution in [2.45, 2.75) is 62.4 Å². The van der Waals surface area contributed by atoms with E-state index in [2.05, 4.69) is 0 Å². The Bertz CT molecular complexity index is 723. The van der Waals surface area contributed by atoms with E-state index in [-0.39, 0.29) is 4.90 Å². The maximum Gasteiger partial charge on any atom is 0.524 e. The molecule has 1 aliphatic heterocycles. The molecule has 0 bridgehead atoms. The lowest BCUT2D eigenvalue weighted by Gasteiger charge is -2.32. The van der Waals surface area contributed by atoms with Crippen molar-refractivity contribution in [3.05, 3.63) is 42.1 Å². The molecule has 132 valence electrons. The average molecular weight is 354 g/mol. The number of hydrogen-bond donors (Lipinski definition) is 0. The van der Waals surface area contributed by atoms with Crippen LogP contribution >= 0.6 is 0 Å². The molecule has 0 aliphatic carbocycles. The van der Waals surface area contributed by atoms with Gasteiger partial charge in [-0.2, -0.15) is 0 Å². The van der Waals surface area contributed by atoms with Crippen molar-refractivity contribution in [3.8, 4) is 0 Å². The van der Waals surface area contributed by atoms with Crippen molar-refractivity contribution < 1.29 is 22.1 Å². The summed E-state index contributed by atoms with van der Waals surface area (Å²) < 4.78 is 50.0. The van der Waals surface area contributed by atoms with Gasteiger partial charge < -0.3 is 9.31 Å². The molecule has 0 saturated carbocycles. The van der Waals surface area contributed by atoms with Crippen LogP contribution in [0.2, 0.25) is 0 Å². The lowest BCUT2D eigenvalue weighted by molar-refractivity contribution is 0.00578. The molecule has 0 spiro atoms. The van der Waals surface area contributed by atoms with Crippen LogP contribution in [0.1, 0.15) is 41.5 Å². The monoisotopic (exact) mass is 354 g/mol. The van der Waals surface area contributed by atoms with Gasteiger partial charge in [0.1, 0.15) is 5.73 Å². The summed E-state index contributed by atoms with van der Waals surface area (Å²) in [7, 11) is -4.96. The molecule has 0 amide bonds. The summed E-state index contributed by atoms with van der Waals surface area (Å²) in [5.41, 5.74) is -2.12. The molecule has 0 radical (unpaired) electrons. The first kappa shape index (κ1) is 19.2. The maximum atomic E-state index is 14.7. The second-order valence-corrected chi connectivity index (χ2v) is 10.1. The second-order valence-electron chi connectivity index (χ2n) is 7.54. The van der Waals surface area contributed by atoms with Gasteiger partial charge in [0.15, 0.2) is 9.84 Å².